The molecular formula is C19H16F2N4O2S. The standard InChI is InChI=1S/C19H16F2N4O2S/c20-13-4-6-15(7-5-13)23-18(27)19-25-24-17(28-19)9-8-16(26)22-11-12-2-1-3-14(21)10-12/h1-7,10H,8-9,11H2,(H,22,26)(H,23,27). The molecule has 6 nitrogen and oxygen atoms in total. The van der Waals surface area contributed by atoms with Crippen LogP contribution >= 0.6 is 11.3 Å². The lowest BCUT2D eigenvalue weighted by Gasteiger charge is -2.04. The number of rotatable bonds is 7. The predicted molar refractivity (Wildman–Crippen MR) is 101 cm³/mol. The molecule has 144 valence electrons. The van der Waals surface area contributed by atoms with E-state index in [-0.39, 0.29) is 29.7 Å². The van der Waals surface area contributed by atoms with E-state index in [1.165, 1.54) is 36.4 Å². The molecule has 28 heavy (non-hydrogen) atoms. The van der Waals surface area contributed by atoms with Gasteiger partial charge in [0.2, 0.25) is 10.9 Å². The number of nitrogens with zero attached hydrogens (tertiary/aromatic N) is 2. The number of nitrogens with one attached hydrogen (secondary N) is 2. The second kappa shape index (κ2) is 9.14. The number of halogens is 2. The Hall–Kier alpha value is -3.20. The second-order valence-electron chi connectivity index (χ2n) is 5.87. The normalized spacial score (nSPS) is 10.5. The molecule has 0 unspecified atom stereocenters. The van der Waals surface area contributed by atoms with Crippen molar-refractivity contribution in [2.24, 2.45) is 0 Å². The lowest BCUT2D eigenvalue weighted by Crippen LogP contribution is -2.23. The quantitative estimate of drug-likeness (QED) is 0.635. The van der Waals surface area contributed by atoms with Crippen LogP contribution in [0.3, 0.4) is 0 Å². The van der Waals surface area contributed by atoms with Crippen molar-refractivity contribution >= 4 is 28.8 Å². The maximum Gasteiger partial charge on any atom is 0.286 e. The number of amides is 2. The molecule has 0 fully saturated rings. The van der Waals surface area contributed by atoms with Gasteiger partial charge in [-0.3, -0.25) is 9.59 Å². The molecule has 0 aliphatic heterocycles. The van der Waals surface area contributed by atoms with Gasteiger partial charge in [-0.25, -0.2) is 8.78 Å². The van der Waals surface area contributed by atoms with Crippen LogP contribution in [0, 0.1) is 11.6 Å². The molecule has 2 amide bonds. The molecule has 2 N–H and O–H groups in total. The van der Waals surface area contributed by atoms with Gasteiger partial charge in [0.05, 0.1) is 0 Å². The number of carbonyl (C=O) groups is 2. The maximum atomic E-state index is 13.1. The van der Waals surface area contributed by atoms with Crippen molar-refractivity contribution in [2.45, 2.75) is 19.4 Å². The zero-order chi connectivity index (χ0) is 19.9. The number of aryl methyl sites for hydroxylation is 1. The zero-order valence-corrected chi connectivity index (χ0v) is 15.4. The summed E-state index contributed by atoms with van der Waals surface area (Å²) in [4.78, 5) is 24.1. The average Bonchev–Trinajstić information content (AvgIpc) is 3.16. The highest BCUT2D eigenvalue weighted by Gasteiger charge is 2.14. The Morgan fingerprint density at radius 3 is 2.54 bits per heavy atom. The minimum absolute atomic E-state index is 0.152. The fourth-order valence-corrected chi connectivity index (χ4v) is 3.05. The van der Waals surface area contributed by atoms with E-state index in [2.05, 4.69) is 20.8 Å². The van der Waals surface area contributed by atoms with Crippen molar-refractivity contribution in [2.75, 3.05) is 5.32 Å². The molecule has 0 saturated carbocycles. The summed E-state index contributed by atoms with van der Waals surface area (Å²) in [6.45, 7) is 0.234. The molecule has 0 aliphatic carbocycles. The van der Waals surface area contributed by atoms with Crippen LogP contribution in [0.15, 0.2) is 48.5 Å². The summed E-state index contributed by atoms with van der Waals surface area (Å²) in [5, 5.41) is 13.7. The third-order valence-electron chi connectivity index (χ3n) is 3.71. The van der Waals surface area contributed by atoms with Gasteiger partial charge in [-0.05, 0) is 42.0 Å². The van der Waals surface area contributed by atoms with Crippen LogP contribution in [0.4, 0.5) is 14.5 Å². The lowest BCUT2D eigenvalue weighted by atomic mass is 10.2. The largest absolute Gasteiger partial charge is 0.352 e. The summed E-state index contributed by atoms with van der Waals surface area (Å²) in [5.74, 6) is -1.42. The van der Waals surface area contributed by atoms with Gasteiger partial charge in [0.1, 0.15) is 16.6 Å². The first-order chi connectivity index (χ1) is 13.5. The summed E-state index contributed by atoms with van der Waals surface area (Å²) in [5.41, 5.74) is 1.11. The summed E-state index contributed by atoms with van der Waals surface area (Å²) in [7, 11) is 0. The van der Waals surface area contributed by atoms with E-state index in [4.69, 9.17) is 0 Å². The highest BCUT2D eigenvalue weighted by molar-refractivity contribution is 7.13. The average molecular weight is 402 g/mol. The fraction of sp³-hybridized carbons (Fsp3) is 0.158. The lowest BCUT2D eigenvalue weighted by molar-refractivity contribution is -0.121. The molecule has 1 heterocycles. The summed E-state index contributed by atoms with van der Waals surface area (Å²) in [6.07, 6.45) is 0.500. The van der Waals surface area contributed by atoms with Crippen molar-refractivity contribution in [3.63, 3.8) is 0 Å². The Morgan fingerprint density at radius 1 is 1.00 bits per heavy atom. The Labute approximate surface area is 163 Å². The Morgan fingerprint density at radius 2 is 1.79 bits per heavy atom. The van der Waals surface area contributed by atoms with E-state index in [9.17, 15) is 18.4 Å². The van der Waals surface area contributed by atoms with Gasteiger partial charge in [0.25, 0.3) is 5.91 Å². The summed E-state index contributed by atoms with van der Waals surface area (Å²) < 4.78 is 26.0. The van der Waals surface area contributed by atoms with Crippen LogP contribution in [0.2, 0.25) is 0 Å². The molecule has 0 bridgehead atoms. The van der Waals surface area contributed by atoms with Crippen LogP contribution < -0.4 is 10.6 Å². The van der Waals surface area contributed by atoms with Crippen LogP contribution in [0.5, 0.6) is 0 Å². The van der Waals surface area contributed by atoms with Gasteiger partial charge in [0, 0.05) is 25.1 Å². The van der Waals surface area contributed by atoms with Gasteiger partial charge < -0.3 is 10.6 Å². The third kappa shape index (κ3) is 5.65. The number of carbonyl (C=O) groups excluding carboxylic acids is 2. The van der Waals surface area contributed by atoms with Crippen LogP contribution in [-0.2, 0) is 17.8 Å². The molecule has 0 radical (unpaired) electrons. The van der Waals surface area contributed by atoms with Crippen molar-refractivity contribution in [1.82, 2.24) is 15.5 Å². The Balaban J connectivity index is 1.46. The fourth-order valence-electron chi connectivity index (χ4n) is 2.32. The first-order valence-electron chi connectivity index (χ1n) is 8.40. The third-order valence-corrected chi connectivity index (χ3v) is 4.69. The molecule has 3 rings (SSSR count). The molecule has 9 heteroatoms. The van der Waals surface area contributed by atoms with Crippen LogP contribution in [-0.4, -0.2) is 22.0 Å². The first kappa shape index (κ1) is 19.6. The summed E-state index contributed by atoms with van der Waals surface area (Å²) in [6, 6.07) is 11.4. The van der Waals surface area contributed by atoms with E-state index in [0.29, 0.717) is 22.7 Å². The minimum atomic E-state index is -0.453. The van der Waals surface area contributed by atoms with Crippen molar-refractivity contribution in [3.05, 3.63) is 75.7 Å². The molecule has 3 aromatic rings. The molecule has 0 spiro atoms. The van der Waals surface area contributed by atoms with Gasteiger partial charge in [-0.2, -0.15) is 0 Å². The van der Waals surface area contributed by atoms with Crippen molar-refractivity contribution in [3.8, 4) is 0 Å². The van der Waals surface area contributed by atoms with E-state index < -0.39 is 11.7 Å². The van der Waals surface area contributed by atoms with E-state index in [1.807, 2.05) is 0 Å². The SMILES string of the molecule is O=C(CCc1nnc(C(=O)Nc2ccc(F)cc2)s1)NCc1cccc(F)c1. The minimum Gasteiger partial charge on any atom is -0.352 e. The van der Waals surface area contributed by atoms with Crippen LogP contribution in [0.1, 0.15) is 26.8 Å². The van der Waals surface area contributed by atoms with Gasteiger partial charge in [-0.15, -0.1) is 10.2 Å². The van der Waals surface area contributed by atoms with Crippen molar-refractivity contribution in [1.29, 1.82) is 0 Å². The Bertz CT molecular complexity index is 976. The topological polar surface area (TPSA) is 84.0 Å². The number of hydrogen-bond acceptors (Lipinski definition) is 5. The van der Waals surface area contributed by atoms with Gasteiger partial charge in [0.15, 0.2) is 0 Å². The van der Waals surface area contributed by atoms with E-state index in [0.717, 1.165) is 11.3 Å². The number of hydrogen-bond donors (Lipinski definition) is 2. The number of aromatic nitrogens is 2. The molecule has 2 aromatic carbocycles. The van der Waals surface area contributed by atoms with Crippen molar-refractivity contribution < 1.29 is 18.4 Å². The van der Waals surface area contributed by atoms with E-state index >= 15 is 0 Å². The predicted octanol–water partition coefficient (Wildman–Crippen LogP) is 3.32. The number of anilines is 1. The zero-order valence-electron chi connectivity index (χ0n) is 14.6. The monoisotopic (exact) mass is 402 g/mol. The number of benzene rings is 2. The van der Waals surface area contributed by atoms with E-state index in [1.54, 1.807) is 12.1 Å². The summed E-state index contributed by atoms with van der Waals surface area (Å²) >= 11 is 1.08. The smallest absolute Gasteiger partial charge is 0.286 e. The highest BCUT2D eigenvalue weighted by Crippen LogP contribution is 2.15. The van der Waals surface area contributed by atoms with Gasteiger partial charge >= 0.3 is 0 Å². The maximum absolute atomic E-state index is 13.1. The molecule has 1 aromatic heterocycles. The first-order valence-corrected chi connectivity index (χ1v) is 9.22. The molecule has 0 atom stereocenters. The molecule has 0 saturated heterocycles. The Kier molecular flexibility index (Phi) is 6.38. The second-order valence-corrected chi connectivity index (χ2v) is 6.93. The van der Waals surface area contributed by atoms with Crippen LogP contribution in [0.25, 0.3) is 0 Å². The highest BCUT2D eigenvalue weighted by atomic mass is 32.1. The van der Waals surface area contributed by atoms with Gasteiger partial charge in [-0.1, -0.05) is 23.5 Å². The molecular weight excluding hydrogens is 386 g/mol. The molecule has 0 aliphatic rings.